The maximum absolute atomic E-state index is 12.2. The molecule has 0 heterocycles. The summed E-state index contributed by atoms with van der Waals surface area (Å²) in [4.78, 5) is 12.2. The maximum atomic E-state index is 12.2. The highest BCUT2D eigenvalue weighted by atomic mass is 79.9. The molecule has 23 heavy (non-hydrogen) atoms. The molecule has 1 aromatic carbocycles. The van der Waals surface area contributed by atoms with Crippen molar-refractivity contribution >= 4 is 34.2 Å². The van der Waals surface area contributed by atoms with Crippen LogP contribution in [0.15, 0.2) is 16.6 Å². The Morgan fingerprint density at radius 1 is 1.35 bits per heavy atom. The summed E-state index contributed by atoms with van der Waals surface area (Å²) in [5, 5.41) is 6.16. The number of likely N-dealkylation sites (N-methyl/N-ethyl adjacent to an activating group) is 1. The van der Waals surface area contributed by atoms with Gasteiger partial charge in [0.2, 0.25) is 0 Å². The van der Waals surface area contributed by atoms with Crippen LogP contribution in [0.25, 0.3) is 0 Å². The van der Waals surface area contributed by atoms with Crippen molar-refractivity contribution in [3.8, 4) is 11.5 Å². The number of nitrogens with one attached hydrogen (secondary N) is 2. The lowest BCUT2D eigenvalue weighted by Crippen LogP contribution is -2.38. The number of hydrogen-bond acceptors (Lipinski definition) is 4. The number of rotatable bonds is 9. The molecule has 1 amide bonds. The zero-order chi connectivity index (χ0) is 16.5. The molecule has 0 aromatic heterocycles. The lowest BCUT2D eigenvalue weighted by Gasteiger charge is -2.15. The summed E-state index contributed by atoms with van der Waals surface area (Å²) >= 11 is 3.44. The number of carbonyl (C=O) groups is 1. The van der Waals surface area contributed by atoms with E-state index in [-0.39, 0.29) is 24.4 Å². The van der Waals surface area contributed by atoms with E-state index < -0.39 is 0 Å². The summed E-state index contributed by atoms with van der Waals surface area (Å²) in [6.07, 6.45) is 0.903. The summed E-state index contributed by atoms with van der Waals surface area (Å²) in [6.45, 7) is 8.15. The highest BCUT2D eigenvalue weighted by Crippen LogP contribution is 2.36. The number of methoxy groups -OCH3 is 1. The Labute approximate surface area is 153 Å². The molecule has 0 aliphatic heterocycles. The van der Waals surface area contributed by atoms with Crippen LogP contribution in [0, 0.1) is 0 Å². The Morgan fingerprint density at radius 2 is 2.04 bits per heavy atom. The first kappa shape index (κ1) is 22.0. The lowest BCUT2D eigenvalue weighted by molar-refractivity contribution is 0.0949. The van der Waals surface area contributed by atoms with Crippen molar-refractivity contribution in [2.45, 2.75) is 33.2 Å². The molecule has 0 aliphatic rings. The van der Waals surface area contributed by atoms with Crippen molar-refractivity contribution in [3.63, 3.8) is 0 Å². The molecule has 1 atom stereocenters. The van der Waals surface area contributed by atoms with E-state index in [2.05, 4.69) is 26.6 Å². The molecule has 0 saturated carbocycles. The molecule has 7 heteroatoms. The van der Waals surface area contributed by atoms with E-state index in [9.17, 15) is 4.79 Å². The van der Waals surface area contributed by atoms with Gasteiger partial charge in [0.05, 0.1) is 18.2 Å². The summed E-state index contributed by atoms with van der Waals surface area (Å²) in [5.74, 6) is 1.04. The maximum Gasteiger partial charge on any atom is 0.251 e. The zero-order valence-corrected chi connectivity index (χ0v) is 16.5. The van der Waals surface area contributed by atoms with Gasteiger partial charge in [0.25, 0.3) is 5.91 Å². The highest BCUT2D eigenvalue weighted by molar-refractivity contribution is 9.10. The Hall–Kier alpha value is -0.980. The SMILES string of the molecule is CCCOc1c(Br)cc(C(=O)NC[C@@H](C)NCC)cc1OC.Cl. The van der Waals surface area contributed by atoms with Gasteiger partial charge in [-0.1, -0.05) is 13.8 Å². The molecule has 5 nitrogen and oxygen atoms in total. The third-order valence-corrected chi connectivity index (χ3v) is 3.65. The van der Waals surface area contributed by atoms with Crippen molar-refractivity contribution < 1.29 is 14.3 Å². The van der Waals surface area contributed by atoms with E-state index in [0.717, 1.165) is 13.0 Å². The van der Waals surface area contributed by atoms with Crippen molar-refractivity contribution in [1.82, 2.24) is 10.6 Å². The van der Waals surface area contributed by atoms with Gasteiger partial charge < -0.3 is 20.1 Å². The van der Waals surface area contributed by atoms with Gasteiger partial charge >= 0.3 is 0 Å². The Morgan fingerprint density at radius 3 is 2.61 bits per heavy atom. The molecule has 1 aromatic rings. The quantitative estimate of drug-likeness (QED) is 0.656. The second-order valence-corrected chi connectivity index (χ2v) is 5.86. The van der Waals surface area contributed by atoms with Crippen LogP contribution >= 0.6 is 28.3 Å². The summed E-state index contributed by atoms with van der Waals surface area (Å²) in [5.41, 5.74) is 0.538. The second-order valence-electron chi connectivity index (χ2n) is 5.01. The first-order valence-corrected chi connectivity index (χ1v) is 8.34. The van der Waals surface area contributed by atoms with Crippen LogP contribution in [0.5, 0.6) is 11.5 Å². The minimum Gasteiger partial charge on any atom is -0.493 e. The van der Waals surface area contributed by atoms with Gasteiger partial charge in [-0.2, -0.15) is 0 Å². The van der Waals surface area contributed by atoms with Gasteiger partial charge in [-0.25, -0.2) is 0 Å². The molecule has 0 fully saturated rings. The molecule has 132 valence electrons. The smallest absolute Gasteiger partial charge is 0.251 e. The topological polar surface area (TPSA) is 59.6 Å². The van der Waals surface area contributed by atoms with E-state index in [1.165, 1.54) is 0 Å². The third-order valence-electron chi connectivity index (χ3n) is 3.06. The van der Waals surface area contributed by atoms with Crippen molar-refractivity contribution in [1.29, 1.82) is 0 Å². The van der Waals surface area contributed by atoms with Gasteiger partial charge in [0.15, 0.2) is 11.5 Å². The van der Waals surface area contributed by atoms with Crippen molar-refractivity contribution in [2.24, 2.45) is 0 Å². The third kappa shape index (κ3) is 6.97. The van der Waals surface area contributed by atoms with Gasteiger partial charge in [-0.15, -0.1) is 12.4 Å². The number of hydrogen-bond donors (Lipinski definition) is 2. The molecular weight excluding hydrogens is 384 g/mol. The zero-order valence-electron chi connectivity index (χ0n) is 14.1. The fraction of sp³-hybridized carbons (Fsp3) is 0.562. The molecule has 0 bridgehead atoms. The number of halogens is 2. The van der Waals surface area contributed by atoms with Crippen LogP contribution in [-0.4, -0.2) is 38.8 Å². The molecule has 1 rings (SSSR count). The standard InChI is InChI=1S/C16H25BrN2O3.ClH/c1-5-7-22-15-13(17)8-12(9-14(15)21-4)16(20)19-10-11(3)18-6-2;/h8-9,11,18H,5-7,10H2,1-4H3,(H,19,20);1H/t11-;/m1./s1. The number of benzene rings is 1. The molecule has 2 N–H and O–H groups in total. The molecule has 0 unspecified atom stereocenters. The van der Waals surface area contributed by atoms with Gasteiger partial charge in [0.1, 0.15) is 0 Å². The predicted molar refractivity (Wildman–Crippen MR) is 99.2 cm³/mol. The van der Waals surface area contributed by atoms with Crippen LogP contribution in [0.2, 0.25) is 0 Å². The summed E-state index contributed by atoms with van der Waals surface area (Å²) < 4.78 is 11.7. The van der Waals surface area contributed by atoms with Gasteiger partial charge in [-0.05, 0) is 48.0 Å². The summed E-state index contributed by atoms with van der Waals surface area (Å²) in [7, 11) is 1.56. The number of amides is 1. The van der Waals surface area contributed by atoms with Crippen LogP contribution in [0.1, 0.15) is 37.6 Å². The Balaban J connectivity index is 0.00000484. The first-order valence-electron chi connectivity index (χ1n) is 7.55. The molecular formula is C16H26BrClN2O3. The summed E-state index contributed by atoms with van der Waals surface area (Å²) in [6, 6.07) is 3.68. The van der Waals surface area contributed by atoms with Gasteiger partial charge in [0, 0.05) is 18.2 Å². The minimum absolute atomic E-state index is 0. The molecule has 0 aliphatic carbocycles. The average molecular weight is 410 g/mol. The number of carbonyl (C=O) groups excluding carboxylic acids is 1. The Kier molecular flexibility index (Phi) is 11.0. The first-order chi connectivity index (χ1) is 10.5. The van der Waals surface area contributed by atoms with Crippen LogP contribution < -0.4 is 20.1 Å². The van der Waals surface area contributed by atoms with E-state index in [1.54, 1.807) is 19.2 Å². The average Bonchev–Trinajstić information content (AvgIpc) is 2.51. The van der Waals surface area contributed by atoms with E-state index in [4.69, 9.17) is 9.47 Å². The number of ether oxygens (including phenoxy) is 2. The second kappa shape index (κ2) is 11.5. The Bertz CT molecular complexity index is 500. The van der Waals surface area contributed by atoms with Crippen molar-refractivity contribution in [2.75, 3.05) is 26.8 Å². The van der Waals surface area contributed by atoms with Crippen LogP contribution in [0.4, 0.5) is 0 Å². The van der Waals surface area contributed by atoms with Crippen LogP contribution in [-0.2, 0) is 0 Å². The van der Waals surface area contributed by atoms with Crippen molar-refractivity contribution in [3.05, 3.63) is 22.2 Å². The molecule has 0 radical (unpaired) electrons. The predicted octanol–water partition coefficient (Wildman–Crippen LogP) is 3.40. The minimum atomic E-state index is -0.134. The van der Waals surface area contributed by atoms with E-state index >= 15 is 0 Å². The lowest BCUT2D eigenvalue weighted by atomic mass is 10.2. The van der Waals surface area contributed by atoms with E-state index in [0.29, 0.717) is 34.7 Å². The fourth-order valence-corrected chi connectivity index (χ4v) is 2.52. The highest BCUT2D eigenvalue weighted by Gasteiger charge is 2.15. The fourth-order valence-electron chi connectivity index (χ4n) is 1.96. The monoisotopic (exact) mass is 408 g/mol. The largest absolute Gasteiger partial charge is 0.493 e. The molecule has 0 saturated heterocycles. The van der Waals surface area contributed by atoms with E-state index in [1.807, 2.05) is 20.8 Å². The molecule has 0 spiro atoms. The van der Waals surface area contributed by atoms with Crippen LogP contribution in [0.3, 0.4) is 0 Å². The normalized spacial score (nSPS) is 11.3. The van der Waals surface area contributed by atoms with Gasteiger partial charge in [-0.3, -0.25) is 4.79 Å².